The van der Waals surface area contributed by atoms with Crippen molar-refractivity contribution in [2.75, 3.05) is 6.61 Å². The minimum Gasteiger partial charge on any atom is -0.460 e. The zero-order chi connectivity index (χ0) is 25.2. The first kappa shape index (κ1) is 30.8. The third-order valence-electron chi connectivity index (χ3n) is 7.06. The molecule has 0 unspecified atom stereocenters. The maximum Gasteiger partial charge on any atom is 0.313 e. The topological polar surface area (TPSA) is 70.8 Å². The Morgan fingerprint density at radius 3 is 1.61 bits per heavy atom. The molecule has 0 bridgehead atoms. The molecule has 0 aliphatic rings. The number of ether oxygens (including phenoxy) is 1. The molecule has 0 rings (SSSR count). The molecule has 0 aromatic carbocycles. The smallest absolute Gasteiger partial charge is 0.313 e. The van der Waals surface area contributed by atoms with Crippen molar-refractivity contribution in [2.45, 2.75) is 130 Å². The maximum absolute atomic E-state index is 13.2. The molecule has 0 aliphatic heterocycles. The van der Waals surface area contributed by atoms with Crippen LogP contribution in [0.3, 0.4) is 0 Å². The Labute approximate surface area is 195 Å². The number of carbonyl (C=O) groups is 1. The number of carbonyl (C=O) groups excluding carboxylic acids is 1. The number of esters is 1. The minimum atomic E-state index is -2.08. The van der Waals surface area contributed by atoms with E-state index in [1.807, 2.05) is 27.7 Å². The van der Waals surface area contributed by atoms with Crippen molar-refractivity contribution in [3.63, 3.8) is 0 Å². The van der Waals surface area contributed by atoms with Gasteiger partial charge in [0.2, 0.25) is 0 Å². The zero-order valence-corrected chi connectivity index (χ0v) is 25.2. The van der Waals surface area contributed by atoms with Crippen LogP contribution in [0, 0.1) is 11.8 Å². The van der Waals surface area contributed by atoms with Crippen LogP contribution in [0.25, 0.3) is 0 Å². The van der Waals surface area contributed by atoms with Crippen molar-refractivity contribution in [3.8, 4) is 0 Å². The van der Waals surface area contributed by atoms with E-state index in [1.165, 1.54) is 0 Å². The van der Waals surface area contributed by atoms with E-state index in [0.29, 0.717) is 6.61 Å². The average molecular weight is 476 g/mol. The minimum absolute atomic E-state index is 0.00268. The van der Waals surface area contributed by atoms with Crippen LogP contribution in [-0.4, -0.2) is 47.0 Å². The summed E-state index contributed by atoms with van der Waals surface area (Å²) in [6, 6.07) is -0.417. The van der Waals surface area contributed by atoms with Crippen LogP contribution in [-0.2, 0) is 18.4 Å². The average Bonchev–Trinajstić information content (AvgIpc) is 2.47. The van der Waals surface area contributed by atoms with Crippen LogP contribution in [0.5, 0.6) is 0 Å². The van der Waals surface area contributed by atoms with Gasteiger partial charge in [-0.15, -0.1) is 0 Å². The van der Waals surface area contributed by atoms with E-state index in [4.69, 9.17) is 19.3 Å². The molecular weight excluding hydrogens is 422 g/mol. The molecule has 0 aliphatic carbocycles. The van der Waals surface area contributed by atoms with E-state index in [-0.39, 0.29) is 28.1 Å². The van der Waals surface area contributed by atoms with Crippen LogP contribution in [0.15, 0.2) is 0 Å². The molecule has 0 fully saturated rings. The summed E-state index contributed by atoms with van der Waals surface area (Å²) in [6.07, 6.45) is -0.332. The number of nitrogens with two attached hydrogens (primary N) is 1. The summed E-state index contributed by atoms with van der Waals surface area (Å²) in [7, 11) is -3.98. The van der Waals surface area contributed by atoms with Crippen molar-refractivity contribution in [1.82, 2.24) is 0 Å². The van der Waals surface area contributed by atoms with E-state index in [2.05, 4.69) is 74.7 Å². The lowest BCUT2D eigenvalue weighted by molar-refractivity contribution is -0.165. The molecule has 0 saturated heterocycles. The van der Waals surface area contributed by atoms with Gasteiger partial charge in [0.05, 0.1) is 12.0 Å². The second-order valence-electron chi connectivity index (χ2n) is 13.3. The number of rotatable bonds is 9. The summed E-state index contributed by atoms with van der Waals surface area (Å²) in [4.78, 5) is 13.2. The highest BCUT2D eigenvalue weighted by atomic mass is 28.4. The highest BCUT2D eigenvalue weighted by Gasteiger charge is 2.45. The molecule has 5 nitrogen and oxygen atoms in total. The normalized spacial score (nSPS) is 18.3. The standard InChI is InChI=1S/C24H53NO4Si2/c1-17(16-27-30(12,13)23(6,7)8)20(25)19(21(26)28-22(3,4)5)18(2)29-31(14,15)24(9,10)11/h17-20H,16,25H2,1-15H3/t17-,18+,19+,20+/m0/s1. The quantitative estimate of drug-likeness (QED) is 0.311. The summed E-state index contributed by atoms with van der Waals surface area (Å²) in [5, 5.41) is 0.168. The van der Waals surface area contributed by atoms with Gasteiger partial charge >= 0.3 is 5.97 Å². The first-order valence-electron chi connectivity index (χ1n) is 11.7. The van der Waals surface area contributed by atoms with Gasteiger partial charge in [0.15, 0.2) is 16.6 Å². The van der Waals surface area contributed by atoms with Crippen LogP contribution in [0.4, 0.5) is 0 Å². The Hall–Kier alpha value is -0.216. The van der Waals surface area contributed by atoms with E-state index in [9.17, 15) is 4.79 Å². The Balaban J connectivity index is 5.70. The summed E-state index contributed by atoms with van der Waals surface area (Å²) in [5.74, 6) is -0.839. The SMILES string of the molecule is C[C@@H](CO[Si](C)(C)C(C)(C)C)[C@@H](N)[C@H](C(=O)OC(C)(C)C)[C@@H](C)O[Si](C)(C)C(C)(C)C. The molecule has 186 valence electrons. The Morgan fingerprint density at radius 2 is 1.26 bits per heavy atom. The zero-order valence-electron chi connectivity index (χ0n) is 23.2. The molecule has 0 aromatic rings. The predicted molar refractivity (Wildman–Crippen MR) is 137 cm³/mol. The molecule has 7 heteroatoms. The van der Waals surface area contributed by atoms with Crippen LogP contribution in [0.2, 0.25) is 36.3 Å². The monoisotopic (exact) mass is 475 g/mol. The fourth-order valence-electron chi connectivity index (χ4n) is 2.77. The van der Waals surface area contributed by atoms with Gasteiger partial charge in [-0.3, -0.25) is 4.79 Å². The highest BCUT2D eigenvalue weighted by Crippen LogP contribution is 2.39. The van der Waals surface area contributed by atoms with Crippen molar-refractivity contribution < 1.29 is 18.4 Å². The van der Waals surface area contributed by atoms with Crippen molar-refractivity contribution >= 4 is 22.6 Å². The molecule has 0 amide bonds. The van der Waals surface area contributed by atoms with Gasteiger partial charge in [-0.05, 0) is 69.9 Å². The van der Waals surface area contributed by atoms with Gasteiger partial charge in [-0.1, -0.05) is 48.5 Å². The molecule has 4 atom stereocenters. The lowest BCUT2D eigenvalue weighted by Gasteiger charge is -2.42. The Kier molecular flexibility index (Phi) is 10.3. The second kappa shape index (κ2) is 10.4. The predicted octanol–water partition coefficient (Wildman–Crippen LogP) is 6.34. The van der Waals surface area contributed by atoms with Gasteiger partial charge in [-0.25, -0.2) is 0 Å². The maximum atomic E-state index is 13.2. The van der Waals surface area contributed by atoms with E-state index < -0.39 is 34.2 Å². The lowest BCUT2D eigenvalue weighted by Crippen LogP contribution is -2.54. The first-order chi connectivity index (χ1) is 13.4. The fraction of sp³-hybridized carbons (Fsp3) is 0.958. The van der Waals surface area contributed by atoms with Crippen molar-refractivity contribution in [2.24, 2.45) is 17.6 Å². The molecule has 0 spiro atoms. The summed E-state index contributed by atoms with van der Waals surface area (Å²) < 4.78 is 18.8. The summed E-state index contributed by atoms with van der Waals surface area (Å²) >= 11 is 0. The van der Waals surface area contributed by atoms with Gasteiger partial charge in [-0.2, -0.15) is 0 Å². The van der Waals surface area contributed by atoms with Crippen molar-refractivity contribution in [3.05, 3.63) is 0 Å². The number of hydrogen-bond donors (Lipinski definition) is 1. The molecule has 0 saturated carbocycles. The summed E-state index contributed by atoms with van der Waals surface area (Å²) in [5.41, 5.74) is 6.14. The van der Waals surface area contributed by atoms with Crippen LogP contribution >= 0.6 is 0 Å². The fourth-order valence-corrected chi connectivity index (χ4v) is 5.31. The van der Waals surface area contributed by atoms with Gasteiger partial charge in [0.1, 0.15) is 5.60 Å². The van der Waals surface area contributed by atoms with Gasteiger partial charge in [0, 0.05) is 12.6 Å². The molecule has 0 heterocycles. The van der Waals surface area contributed by atoms with E-state index in [0.717, 1.165) is 0 Å². The van der Waals surface area contributed by atoms with E-state index in [1.54, 1.807) is 0 Å². The van der Waals surface area contributed by atoms with Crippen molar-refractivity contribution in [1.29, 1.82) is 0 Å². The first-order valence-corrected chi connectivity index (χ1v) is 17.5. The van der Waals surface area contributed by atoms with Crippen LogP contribution < -0.4 is 5.73 Å². The molecule has 0 aromatic heterocycles. The third-order valence-corrected chi connectivity index (χ3v) is 16.1. The molecule has 0 radical (unpaired) electrons. The molecule has 31 heavy (non-hydrogen) atoms. The van der Waals surface area contributed by atoms with E-state index >= 15 is 0 Å². The number of hydrogen-bond acceptors (Lipinski definition) is 5. The largest absolute Gasteiger partial charge is 0.460 e. The molecule has 2 N–H and O–H groups in total. The van der Waals surface area contributed by atoms with Gasteiger partial charge in [0.25, 0.3) is 0 Å². The second-order valence-corrected chi connectivity index (χ2v) is 22.8. The van der Waals surface area contributed by atoms with Crippen LogP contribution in [0.1, 0.15) is 76.2 Å². The Morgan fingerprint density at radius 1 is 0.839 bits per heavy atom. The van der Waals surface area contributed by atoms with Gasteiger partial charge < -0.3 is 19.3 Å². The molecular formula is C24H53NO4Si2. The highest BCUT2D eigenvalue weighted by molar-refractivity contribution is 6.74. The Bertz CT molecular complexity index is 586. The summed E-state index contributed by atoms with van der Waals surface area (Å²) in [6.45, 7) is 32.4. The lowest BCUT2D eigenvalue weighted by atomic mass is 9.87. The third kappa shape index (κ3) is 9.28.